The van der Waals surface area contributed by atoms with Gasteiger partial charge >= 0.3 is 0 Å². The highest BCUT2D eigenvalue weighted by atomic mass is 35.5. The second-order valence-electron chi connectivity index (χ2n) is 10.6. The standard InChI is InChI=1S/C29H30ClF3N2O4/c1-27(2,34)18-13-21(16-5-7-20(31)19(30)11-16)35-25(14-18)28(3,37)10-9-22(36)17-6-8-23(24(12-17)38-4)39-26-15-29(26,32)33/h5-8,11-14,26,37H,9-10,15,34H2,1-4H3. The topological polar surface area (TPSA) is 94.7 Å². The van der Waals surface area contributed by atoms with Gasteiger partial charge < -0.3 is 20.3 Å². The lowest BCUT2D eigenvalue weighted by molar-refractivity contribution is 0.0396. The number of pyridine rings is 1. The van der Waals surface area contributed by atoms with Gasteiger partial charge in [-0.15, -0.1) is 0 Å². The zero-order chi connectivity index (χ0) is 28.8. The van der Waals surface area contributed by atoms with Gasteiger partial charge in [0.1, 0.15) is 11.4 Å². The molecule has 2 unspecified atom stereocenters. The number of carbonyl (C=O) groups is 1. The van der Waals surface area contributed by atoms with E-state index in [1.54, 1.807) is 32.9 Å². The number of nitrogens with two attached hydrogens (primary N) is 1. The number of carbonyl (C=O) groups excluding carboxylic acids is 1. The van der Waals surface area contributed by atoms with Crippen LogP contribution in [0.4, 0.5) is 13.2 Å². The van der Waals surface area contributed by atoms with Crippen molar-refractivity contribution in [3.63, 3.8) is 0 Å². The summed E-state index contributed by atoms with van der Waals surface area (Å²) in [5, 5.41) is 11.3. The molecular weight excluding hydrogens is 533 g/mol. The Morgan fingerprint density at radius 3 is 2.44 bits per heavy atom. The Kier molecular flexibility index (Phi) is 7.73. The van der Waals surface area contributed by atoms with Crippen LogP contribution in [0.1, 0.15) is 61.6 Å². The lowest BCUT2D eigenvalue weighted by Crippen LogP contribution is -2.31. The number of Topliss-reactive ketones (excluding diaryl/α,β-unsaturated/α-hetero) is 1. The zero-order valence-electron chi connectivity index (χ0n) is 22.0. The van der Waals surface area contributed by atoms with Gasteiger partial charge in [-0.25, -0.2) is 18.2 Å². The molecule has 0 saturated heterocycles. The molecule has 208 valence electrons. The van der Waals surface area contributed by atoms with Gasteiger partial charge in [-0.2, -0.15) is 0 Å². The van der Waals surface area contributed by atoms with Crippen LogP contribution in [-0.4, -0.2) is 35.0 Å². The SMILES string of the molecule is COc1cc(C(=O)CCC(C)(O)c2cc(C(C)(C)N)cc(-c3ccc(F)c(Cl)c3)n2)ccc1OC1CC1(F)F. The Hall–Kier alpha value is -3.14. The third-order valence-electron chi connectivity index (χ3n) is 6.70. The van der Waals surface area contributed by atoms with Crippen molar-refractivity contribution in [2.75, 3.05) is 7.11 Å². The van der Waals surface area contributed by atoms with Crippen LogP contribution < -0.4 is 15.2 Å². The van der Waals surface area contributed by atoms with E-state index in [2.05, 4.69) is 4.98 Å². The number of ether oxygens (including phenoxy) is 2. The molecule has 1 aliphatic carbocycles. The average molecular weight is 563 g/mol. The van der Waals surface area contributed by atoms with Gasteiger partial charge in [-0.05, 0) is 81.3 Å². The monoisotopic (exact) mass is 562 g/mol. The fourth-order valence-corrected chi connectivity index (χ4v) is 4.20. The number of methoxy groups -OCH3 is 1. The first kappa shape index (κ1) is 28.9. The number of aromatic nitrogens is 1. The van der Waals surface area contributed by atoms with Crippen molar-refractivity contribution in [3.05, 3.63) is 76.2 Å². The van der Waals surface area contributed by atoms with Crippen LogP contribution >= 0.6 is 11.6 Å². The second kappa shape index (κ2) is 10.4. The van der Waals surface area contributed by atoms with Crippen molar-refractivity contribution < 1.29 is 32.5 Å². The Bertz CT molecular complexity index is 1410. The van der Waals surface area contributed by atoms with Gasteiger partial charge in [0.2, 0.25) is 0 Å². The van der Waals surface area contributed by atoms with Gasteiger partial charge in [0.25, 0.3) is 5.92 Å². The number of nitrogens with zero attached hydrogens (tertiary/aromatic N) is 1. The van der Waals surface area contributed by atoms with Crippen molar-refractivity contribution in [1.82, 2.24) is 4.98 Å². The Labute approximate surface area is 229 Å². The maximum Gasteiger partial charge on any atom is 0.288 e. The molecule has 0 spiro atoms. The number of halogens is 4. The maximum absolute atomic E-state index is 13.7. The molecule has 0 radical (unpaired) electrons. The lowest BCUT2D eigenvalue weighted by Gasteiger charge is -2.27. The summed E-state index contributed by atoms with van der Waals surface area (Å²) in [6, 6.07) is 12.0. The molecule has 1 saturated carbocycles. The number of rotatable bonds is 10. The van der Waals surface area contributed by atoms with Crippen LogP contribution in [0.2, 0.25) is 5.02 Å². The van der Waals surface area contributed by atoms with E-state index in [9.17, 15) is 23.1 Å². The molecule has 2 aromatic carbocycles. The molecule has 4 rings (SSSR count). The van der Waals surface area contributed by atoms with Crippen molar-refractivity contribution >= 4 is 17.4 Å². The van der Waals surface area contributed by atoms with Gasteiger partial charge in [-0.3, -0.25) is 4.79 Å². The molecule has 0 bridgehead atoms. The molecule has 39 heavy (non-hydrogen) atoms. The van der Waals surface area contributed by atoms with Crippen molar-refractivity contribution in [1.29, 1.82) is 0 Å². The predicted molar refractivity (Wildman–Crippen MR) is 142 cm³/mol. The van der Waals surface area contributed by atoms with E-state index in [1.807, 2.05) is 0 Å². The first-order chi connectivity index (χ1) is 18.1. The zero-order valence-corrected chi connectivity index (χ0v) is 22.8. The lowest BCUT2D eigenvalue weighted by atomic mass is 9.88. The summed E-state index contributed by atoms with van der Waals surface area (Å²) in [5.74, 6) is -3.43. The van der Waals surface area contributed by atoms with Crippen LogP contribution in [0, 0.1) is 5.82 Å². The molecule has 10 heteroatoms. The van der Waals surface area contributed by atoms with E-state index in [1.165, 1.54) is 43.5 Å². The van der Waals surface area contributed by atoms with Crippen LogP contribution in [0.25, 0.3) is 11.3 Å². The van der Waals surface area contributed by atoms with Crippen LogP contribution in [-0.2, 0) is 11.1 Å². The second-order valence-corrected chi connectivity index (χ2v) is 11.0. The maximum atomic E-state index is 13.7. The Morgan fingerprint density at radius 2 is 1.85 bits per heavy atom. The van der Waals surface area contributed by atoms with Gasteiger partial charge in [0.05, 0.1) is 29.9 Å². The number of hydrogen-bond acceptors (Lipinski definition) is 6. The van der Waals surface area contributed by atoms with Gasteiger partial charge in [-0.1, -0.05) is 11.6 Å². The number of aliphatic hydroxyl groups is 1. The van der Waals surface area contributed by atoms with Gasteiger partial charge in [0.15, 0.2) is 23.4 Å². The largest absolute Gasteiger partial charge is 0.493 e. The van der Waals surface area contributed by atoms with E-state index >= 15 is 0 Å². The molecule has 1 fully saturated rings. The van der Waals surface area contributed by atoms with Crippen molar-refractivity contribution in [2.45, 2.75) is 63.2 Å². The van der Waals surface area contributed by atoms with E-state index < -0.39 is 29.0 Å². The minimum Gasteiger partial charge on any atom is -0.493 e. The molecule has 0 aliphatic heterocycles. The molecule has 2 atom stereocenters. The third kappa shape index (κ3) is 6.54. The number of benzene rings is 2. The molecule has 1 aromatic heterocycles. The highest BCUT2D eigenvalue weighted by molar-refractivity contribution is 6.31. The molecule has 0 amide bonds. The van der Waals surface area contributed by atoms with Crippen LogP contribution in [0.15, 0.2) is 48.5 Å². The first-order valence-electron chi connectivity index (χ1n) is 12.4. The molecule has 1 aliphatic rings. The summed E-state index contributed by atoms with van der Waals surface area (Å²) in [4.78, 5) is 17.6. The highest BCUT2D eigenvalue weighted by Crippen LogP contribution is 2.46. The Morgan fingerprint density at radius 1 is 1.15 bits per heavy atom. The minimum absolute atomic E-state index is 0.0196. The van der Waals surface area contributed by atoms with E-state index in [0.29, 0.717) is 16.8 Å². The summed E-state index contributed by atoms with van der Waals surface area (Å²) >= 11 is 5.97. The molecule has 3 N–H and O–H groups in total. The number of hydrogen-bond donors (Lipinski definition) is 2. The van der Waals surface area contributed by atoms with Gasteiger partial charge in [0, 0.05) is 23.1 Å². The fraction of sp³-hybridized carbons (Fsp3) is 0.379. The normalized spacial score (nSPS) is 17.8. The summed E-state index contributed by atoms with van der Waals surface area (Å²) in [6.45, 7) is 5.15. The smallest absolute Gasteiger partial charge is 0.288 e. The summed E-state index contributed by atoms with van der Waals surface area (Å²) in [7, 11) is 1.36. The fourth-order valence-electron chi connectivity index (χ4n) is 4.02. The Balaban J connectivity index is 1.55. The number of alkyl halides is 2. The quantitative estimate of drug-likeness (QED) is 0.278. The summed E-state index contributed by atoms with van der Waals surface area (Å²) < 4.78 is 50.8. The van der Waals surface area contributed by atoms with Crippen molar-refractivity contribution in [2.24, 2.45) is 5.73 Å². The predicted octanol–water partition coefficient (Wildman–Crippen LogP) is 6.40. The van der Waals surface area contributed by atoms with E-state index in [4.69, 9.17) is 26.8 Å². The minimum atomic E-state index is -2.86. The first-order valence-corrected chi connectivity index (χ1v) is 12.7. The molecule has 3 aromatic rings. The molecule has 1 heterocycles. The third-order valence-corrected chi connectivity index (χ3v) is 6.99. The van der Waals surface area contributed by atoms with Crippen LogP contribution in [0.5, 0.6) is 11.5 Å². The molecule has 6 nitrogen and oxygen atoms in total. The average Bonchev–Trinajstić information content (AvgIpc) is 3.48. The highest BCUT2D eigenvalue weighted by Gasteiger charge is 2.60. The summed E-state index contributed by atoms with van der Waals surface area (Å²) in [5.41, 5.74) is 6.26. The van der Waals surface area contributed by atoms with Crippen LogP contribution in [0.3, 0.4) is 0 Å². The van der Waals surface area contributed by atoms with E-state index in [-0.39, 0.29) is 52.8 Å². The number of ketones is 1. The molecular formula is C29H30ClF3N2O4. The van der Waals surface area contributed by atoms with Crippen molar-refractivity contribution in [3.8, 4) is 22.8 Å². The summed E-state index contributed by atoms with van der Waals surface area (Å²) in [6.07, 6.45) is -1.60. The van der Waals surface area contributed by atoms with E-state index in [0.717, 1.165) is 0 Å².